The number of aromatic nitrogens is 1. The third-order valence-electron chi connectivity index (χ3n) is 6.23. The van der Waals surface area contributed by atoms with Crippen molar-refractivity contribution in [3.63, 3.8) is 0 Å². The summed E-state index contributed by atoms with van der Waals surface area (Å²) in [5.41, 5.74) is 7.68. The number of anilines is 1. The number of para-hydroxylation sites is 1. The maximum Gasteiger partial charge on any atom is 0.322 e. The summed E-state index contributed by atoms with van der Waals surface area (Å²) >= 11 is 0. The molecule has 4 heteroatoms. The number of nitrogens with zero attached hydrogens (tertiary/aromatic N) is 2. The zero-order valence-electron chi connectivity index (χ0n) is 18.5. The second-order valence-electron chi connectivity index (χ2n) is 8.35. The second-order valence-corrected chi connectivity index (χ2v) is 8.35. The summed E-state index contributed by atoms with van der Waals surface area (Å²) in [4.78, 5) is 15.6. The number of aryl methyl sites for hydroxylation is 2. The number of carbonyl (C=O) groups is 1. The summed E-state index contributed by atoms with van der Waals surface area (Å²) in [6.45, 7) is 4.72. The molecule has 32 heavy (non-hydrogen) atoms. The largest absolute Gasteiger partial charge is 0.322 e. The molecule has 0 saturated carbocycles. The van der Waals surface area contributed by atoms with Crippen LogP contribution in [0.5, 0.6) is 0 Å². The highest BCUT2D eigenvalue weighted by atomic mass is 16.2. The highest BCUT2D eigenvalue weighted by molar-refractivity contribution is 5.90. The van der Waals surface area contributed by atoms with E-state index in [0.29, 0.717) is 6.54 Å². The average Bonchev–Trinajstić information content (AvgIpc) is 3.25. The standard InChI is InChI=1S/C28H27N3O/c1-3-21-12-14-22(15-13-21)27-26-9-6-18-30(26)25-8-5-4-7-23(25)19-31(27)28(32)29-24-16-10-20(2)11-17-24/h4-18,27H,3,19H2,1-2H3,(H,29,32)/t27-/m1/s1. The summed E-state index contributed by atoms with van der Waals surface area (Å²) in [5.74, 6) is 0. The molecule has 0 bridgehead atoms. The number of amides is 2. The van der Waals surface area contributed by atoms with Gasteiger partial charge in [-0.15, -0.1) is 0 Å². The molecule has 1 atom stereocenters. The van der Waals surface area contributed by atoms with Crippen LogP contribution in [0.1, 0.15) is 40.9 Å². The Hall–Kier alpha value is -3.79. The van der Waals surface area contributed by atoms with Crippen LogP contribution in [0.15, 0.2) is 91.1 Å². The maximum absolute atomic E-state index is 13.7. The van der Waals surface area contributed by atoms with Crippen LogP contribution >= 0.6 is 0 Å². The third kappa shape index (κ3) is 3.69. The predicted molar refractivity (Wildman–Crippen MR) is 129 cm³/mol. The number of fused-ring (bicyclic) bond motifs is 3. The number of carbonyl (C=O) groups excluding carboxylic acids is 1. The van der Waals surface area contributed by atoms with E-state index in [1.807, 2.05) is 42.2 Å². The van der Waals surface area contributed by atoms with E-state index < -0.39 is 0 Å². The lowest BCUT2D eigenvalue weighted by Gasteiger charge is -2.31. The van der Waals surface area contributed by atoms with Crippen molar-refractivity contribution in [2.24, 2.45) is 0 Å². The Morgan fingerprint density at radius 2 is 1.69 bits per heavy atom. The van der Waals surface area contributed by atoms with Gasteiger partial charge in [0.2, 0.25) is 0 Å². The number of urea groups is 1. The van der Waals surface area contributed by atoms with Crippen LogP contribution in [0, 0.1) is 6.92 Å². The smallest absolute Gasteiger partial charge is 0.318 e. The third-order valence-corrected chi connectivity index (χ3v) is 6.23. The van der Waals surface area contributed by atoms with Crippen LogP contribution in [0.2, 0.25) is 0 Å². The number of hydrogen-bond acceptors (Lipinski definition) is 1. The van der Waals surface area contributed by atoms with Crippen LogP contribution in [0.3, 0.4) is 0 Å². The number of nitrogens with one attached hydrogen (secondary N) is 1. The molecule has 4 nitrogen and oxygen atoms in total. The Morgan fingerprint density at radius 3 is 2.44 bits per heavy atom. The lowest BCUT2D eigenvalue weighted by Crippen LogP contribution is -2.37. The summed E-state index contributed by atoms with van der Waals surface area (Å²) in [5, 5.41) is 3.12. The first kappa shape index (κ1) is 20.1. The Kier molecular flexibility index (Phi) is 5.28. The molecule has 0 saturated heterocycles. The van der Waals surface area contributed by atoms with Crippen LogP contribution in [0.4, 0.5) is 10.5 Å². The number of rotatable bonds is 3. The van der Waals surface area contributed by atoms with Crippen molar-refractivity contribution in [2.45, 2.75) is 32.9 Å². The number of hydrogen-bond donors (Lipinski definition) is 1. The van der Waals surface area contributed by atoms with Gasteiger partial charge < -0.3 is 14.8 Å². The van der Waals surface area contributed by atoms with E-state index in [4.69, 9.17) is 0 Å². The van der Waals surface area contributed by atoms with E-state index in [2.05, 4.69) is 77.6 Å². The summed E-state index contributed by atoms with van der Waals surface area (Å²) < 4.78 is 2.22. The fraction of sp³-hybridized carbons (Fsp3) is 0.179. The molecule has 0 unspecified atom stereocenters. The molecule has 4 aromatic rings. The lowest BCUT2D eigenvalue weighted by atomic mass is 10.00. The van der Waals surface area contributed by atoms with Crippen LogP contribution in [-0.4, -0.2) is 15.5 Å². The van der Waals surface area contributed by atoms with Crippen LogP contribution in [0.25, 0.3) is 5.69 Å². The van der Waals surface area contributed by atoms with Crippen LogP contribution < -0.4 is 5.32 Å². The number of benzene rings is 3. The summed E-state index contributed by atoms with van der Waals surface area (Å²) in [6, 6.07) is 28.7. The molecule has 2 heterocycles. The molecule has 0 spiro atoms. The fourth-order valence-corrected chi connectivity index (χ4v) is 4.46. The van der Waals surface area contributed by atoms with Gasteiger partial charge >= 0.3 is 6.03 Å². The average molecular weight is 422 g/mol. The Bertz CT molecular complexity index is 1240. The minimum Gasteiger partial charge on any atom is -0.318 e. The van der Waals surface area contributed by atoms with Gasteiger partial charge in [-0.2, -0.15) is 0 Å². The highest BCUT2D eigenvalue weighted by Crippen LogP contribution is 2.37. The van der Waals surface area contributed by atoms with Gasteiger partial charge in [-0.05, 0) is 60.4 Å². The molecule has 160 valence electrons. The van der Waals surface area contributed by atoms with Gasteiger partial charge in [-0.25, -0.2) is 4.79 Å². The van der Waals surface area contributed by atoms with Crippen molar-refractivity contribution < 1.29 is 4.79 Å². The zero-order valence-corrected chi connectivity index (χ0v) is 18.5. The maximum atomic E-state index is 13.7. The Balaban J connectivity index is 1.61. The Morgan fingerprint density at radius 1 is 0.938 bits per heavy atom. The SMILES string of the molecule is CCc1ccc([C@@H]2c3cccn3-c3ccccc3CN2C(=O)Nc2ccc(C)cc2)cc1. The van der Waals surface area contributed by atoms with E-state index in [1.165, 1.54) is 11.1 Å². The molecular weight excluding hydrogens is 394 g/mol. The first-order chi connectivity index (χ1) is 15.6. The molecular formula is C28H27N3O. The molecule has 0 aliphatic carbocycles. The monoisotopic (exact) mass is 421 g/mol. The van der Waals surface area contributed by atoms with Gasteiger partial charge in [-0.3, -0.25) is 0 Å². The zero-order chi connectivity index (χ0) is 22.1. The normalized spacial score (nSPS) is 14.9. The van der Waals surface area contributed by atoms with Gasteiger partial charge in [0, 0.05) is 17.6 Å². The van der Waals surface area contributed by atoms with Gasteiger partial charge in [-0.1, -0.05) is 67.1 Å². The summed E-state index contributed by atoms with van der Waals surface area (Å²) in [6.07, 6.45) is 3.08. The molecule has 0 fully saturated rings. The van der Waals surface area contributed by atoms with Crippen molar-refractivity contribution in [2.75, 3.05) is 5.32 Å². The van der Waals surface area contributed by atoms with E-state index >= 15 is 0 Å². The van der Waals surface area contributed by atoms with Crippen molar-refractivity contribution in [3.05, 3.63) is 119 Å². The van der Waals surface area contributed by atoms with Crippen molar-refractivity contribution in [1.82, 2.24) is 9.47 Å². The first-order valence-electron chi connectivity index (χ1n) is 11.1. The Labute approximate surface area is 189 Å². The molecule has 1 N–H and O–H groups in total. The van der Waals surface area contributed by atoms with Crippen molar-refractivity contribution in [1.29, 1.82) is 0 Å². The quantitative estimate of drug-likeness (QED) is 0.404. The minimum atomic E-state index is -0.200. The second kappa shape index (κ2) is 8.39. The van der Waals surface area contributed by atoms with Gasteiger partial charge in [0.15, 0.2) is 0 Å². The minimum absolute atomic E-state index is 0.108. The molecule has 3 aromatic carbocycles. The van der Waals surface area contributed by atoms with Gasteiger partial charge in [0.1, 0.15) is 0 Å². The van der Waals surface area contributed by atoms with E-state index in [9.17, 15) is 4.79 Å². The molecule has 1 aliphatic rings. The molecule has 5 rings (SSSR count). The van der Waals surface area contributed by atoms with Crippen molar-refractivity contribution in [3.8, 4) is 5.69 Å². The topological polar surface area (TPSA) is 37.3 Å². The van der Waals surface area contributed by atoms with E-state index in [0.717, 1.165) is 34.6 Å². The van der Waals surface area contributed by atoms with E-state index in [-0.39, 0.29) is 12.1 Å². The lowest BCUT2D eigenvalue weighted by molar-refractivity contribution is 0.194. The van der Waals surface area contributed by atoms with E-state index in [1.54, 1.807) is 0 Å². The molecule has 0 radical (unpaired) electrons. The molecule has 2 amide bonds. The summed E-state index contributed by atoms with van der Waals surface area (Å²) in [7, 11) is 0. The fourth-order valence-electron chi connectivity index (χ4n) is 4.46. The van der Waals surface area contributed by atoms with Crippen LogP contribution in [-0.2, 0) is 13.0 Å². The highest BCUT2D eigenvalue weighted by Gasteiger charge is 2.32. The van der Waals surface area contributed by atoms with Gasteiger partial charge in [0.25, 0.3) is 0 Å². The predicted octanol–water partition coefficient (Wildman–Crippen LogP) is 6.49. The molecule has 1 aliphatic heterocycles. The first-order valence-corrected chi connectivity index (χ1v) is 11.1. The van der Waals surface area contributed by atoms with Gasteiger partial charge in [0.05, 0.1) is 18.3 Å². The van der Waals surface area contributed by atoms with Crippen molar-refractivity contribution >= 4 is 11.7 Å². The molecule has 1 aromatic heterocycles.